The maximum absolute atomic E-state index is 5.29. The molecule has 0 saturated carbocycles. The van der Waals surface area contributed by atoms with E-state index in [0.29, 0.717) is 17.5 Å². The highest BCUT2D eigenvalue weighted by Gasteiger charge is 2.38. The molecule has 1 heterocycles. The number of benzene rings is 7. The van der Waals surface area contributed by atoms with Gasteiger partial charge >= 0.3 is 0 Å². The molecule has 0 atom stereocenters. The number of nitrogens with zero attached hydrogens (tertiary/aromatic N) is 3. The predicted molar refractivity (Wildman–Crippen MR) is 202 cm³/mol. The normalized spacial score (nSPS) is 12.9. The van der Waals surface area contributed by atoms with Crippen LogP contribution in [0.5, 0.6) is 0 Å². The van der Waals surface area contributed by atoms with Gasteiger partial charge in [-0.1, -0.05) is 166 Å². The Morgan fingerprint density at radius 3 is 1.49 bits per heavy atom. The molecule has 8 aromatic rings. The van der Waals surface area contributed by atoms with Gasteiger partial charge in [-0.25, -0.2) is 15.0 Å². The average molecular weight is 628 g/mol. The van der Waals surface area contributed by atoms with E-state index < -0.39 is 0 Å². The van der Waals surface area contributed by atoms with Gasteiger partial charge in [-0.05, 0) is 67.4 Å². The van der Waals surface area contributed by atoms with Gasteiger partial charge in [0.2, 0.25) is 0 Å². The first kappa shape index (κ1) is 29.0. The lowest BCUT2D eigenvalue weighted by atomic mass is 9.80. The van der Waals surface area contributed by atoms with Crippen molar-refractivity contribution in [2.45, 2.75) is 19.3 Å². The lowest BCUT2D eigenvalue weighted by Crippen LogP contribution is -2.15. The lowest BCUT2D eigenvalue weighted by Gasteiger charge is -2.23. The van der Waals surface area contributed by atoms with E-state index in [1.165, 1.54) is 44.3 Å². The zero-order chi connectivity index (χ0) is 33.0. The molecule has 7 aromatic carbocycles. The Labute approximate surface area is 286 Å². The number of aromatic nitrogens is 3. The fourth-order valence-corrected chi connectivity index (χ4v) is 7.36. The van der Waals surface area contributed by atoms with Crippen molar-refractivity contribution >= 4 is 10.8 Å². The molecular weight excluding hydrogens is 595 g/mol. The molecule has 3 nitrogen and oxygen atoms in total. The van der Waals surface area contributed by atoms with Gasteiger partial charge in [0, 0.05) is 22.1 Å². The largest absolute Gasteiger partial charge is 0.208 e. The Balaban J connectivity index is 1.29. The van der Waals surface area contributed by atoms with Crippen LogP contribution < -0.4 is 0 Å². The van der Waals surface area contributed by atoms with Crippen molar-refractivity contribution in [3.63, 3.8) is 0 Å². The van der Waals surface area contributed by atoms with Crippen molar-refractivity contribution in [1.29, 1.82) is 0 Å². The van der Waals surface area contributed by atoms with Gasteiger partial charge in [0.05, 0.1) is 0 Å². The molecule has 0 fully saturated rings. The Morgan fingerprint density at radius 1 is 0.367 bits per heavy atom. The summed E-state index contributed by atoms with van der Waals surface area (Å²) in [4.78, 5) is 15.6. The Bertz CT molecular complexity index is 2480. The molecule has 1 aromatic heterocycles. The van der Waals surface area contributed by atoms with E-state index in [2.05, 4.69) is 153 Å². The van der Waals surface area contributed by atoms with Crippen LogP contribution in [0.3, 0.4) is 0 Å². The number of hydrogen-bond donors (Lipinski definition) is 0. The molecule has 0 spiro atoms. The van der Waals surface area contributed by atoms with Gasteiger partial charge in [-0.3, -0.25) is 0 Å². The molecule has 0 saturated heterocycles. The Morgan fingerprint density at radius 2 is 0.837 bits per heavy atom. The third-order valence-corrected chi connectivity index (χ3v) is 9.93. The first-order valence-corrected chi connectivity index (χ1v) is 16.8. The van der Waals surface area contributed by atoms with Crippen molar-refractivity contribution in [2.75, 3.05) is 0 Å². The summed E-state index contributed by atoms with van der Waals surface area (Å²) in [6.45, 7) is 4.68. The smallest absolute Gasteiger partial charge is 0.165 e. The standard InChI is InChI=1S/C46H33N3/c1-46(2)39-28-35(31-16-8-4-9-17-31)26-27-38(39)41-40(46)29-36-20-12-13-21-37(36)42(41)45-48-43(33-18-10-5-11-19-33)47-44(49-45)34-24-22-32(23-25-34)30-14-6-3-7-15-30/h3-29H,1-2H3. The first-order chi connectivity index (χ1) is 24.0. The van der Waals surface area contributed by atoms with E-state index >= 15 is 0 Å². The highest BCUT2D eigenvalue weighted by molar-refractivity contribution is 6.07. The third kappa shape index (κ3) is 4.94. The van der Waals surface area contributed by atoms with Gasteiger partial charge in [0.15, 0.2) is 17.5 Å². The first-order valence-electron chi connectivity index (χ1n) is 16.8. The van der Waals surface area contributed by atoms with Crippen LogP contribution in [0, 0.1) is 0 Å². The minimum absolute atomic E-state index is 0.223. The monoisotopic (exact) mass is 627 g/mol. The van der Waals surface area contributed by atoms with Crippen LogP contribution in [-0.2, 0) is 5.41 Å². The van der Waals surface area contributed by atoms with Crippen LogP contribution in [0.25, 0.3) is 78.3 Å². The van der Waals surface area contributed by atoms with Crippen molar-refractivity contribution in [2.24, 2.45) is 0 Å². The van der Waals surface area contributed by atoms with Crippen LogP contribution in [0.4, 0.5) is 0 Å². The Kier molecular flexibility index (Phi) is 6.80. The molecule has 3 heteroatoms. The van der Waals surface area contributed by atoms with Gasteiger partial charge in [-0.2, -0.15) is 0 Å². The molecule has 9 rings (SSSR count). The Hall–Kier alpha value is -6.19. The molecule has 0 radical (unpaired) electrons. The second kappa shape index (κ2) is 11.5. The van der Waals surface area contributed by atoms with E-state index in [0.717, 1.165) is 27.6 Å². The molecule has 1 aliphatic carbocycles. The minimum Gasteiger partial charge on any atom is -0.208 e. The van der Waals surface area contributed by atoms with E-state index in [4.69, 9.17) is 15.0 Å². The molecule has 0 bridgehead atoms. The fourth-order valence-electron chi connectivity index (χ4n) is 7.36. The summed E-state index contributed by atoms with van der Waals surface area (Å²) < 4.78 is 0. The summed E-state index contributed by atoms with van der Waals surface area (Å²) in [7, 11) is 0. The summed E-state index contributed by atoms with van der Waals surface area (Å²) >= 11 is 0. The van der Waals surface area contributed by atoms with Crippen LogP contribution >= 0.6 is 0 Å². The number of hydrogen-bond acceptors (Lipinski definition) is 3. The SMILES string of the molecule is CC1(C)c2cc(-c3ccccc3)ccc2-c2c1cc1ccccc1c2-c1nc(-c2ccccc2)nc(-c2ccc(-c3ccccc3)cc2)n1. The summed E-state index contributed by atoms with van der Waals surface area (Å²) in [6.07, 6.45) is 0. The molecule has 0 aliphatic heterocycles. The van der Waals surface area contributed by atoms with Crippen molar-refractivity contribution < 1.29 is 0 Å². The molecule has 1 aliphatic rings. The van der Waals surface area contributed by atoms with Gasteiger partial charge in [0.25, 0.3) is 0 Å². The van der Waals surface area contributed by atoms with Gasteiger partial charge in [-0.15, -0.1) is 0 Å². The molecule has 0 unspecified atom stereocenters. The maximum Gasteiger partial charge on any atom is 0.165 e. The summed E-state index contributed by atoms with van der Waals surface area (Å²) in [5.74, 6) is 1.99. The van der Waals surface area contributed by atoms with Crippen LogP contribution in [0.15, 0.2) is 164 Å². The lowest BCUT2D eigenvalue weighted by molar-refractivity contribution is 0.661. The third-order valence-electron chi connectivity index (χ3n) is 9.93. The molecule has 232 valence electrons. The second-order valence-electron chi connectivity index (χ2n) is 13.3. The maximum atomic E-state index is 5.29. The fraction of sp³-hybridized carbons (Fsp3) is 0.0652. The predicted octanol–water partition coefficient (Wildman–Crippen LogP) is 11.7. The van der Waals surface area contributed by atoms with E-state index in [1.54, 1.807) is 0 Å². The number of rotatable bonds is 5. The number of fused-ring (bicyclic) bond motifs is 4. The van der Waals surface area contributed by atoms with Crippen molar-refractivity contribution in [1.82, 2.24) is 15.0 Å². The van der Waals surface area contributed by atoms with E-state index in [1.807, 2.05) is 24.3 Å². The quantitative estimate of drug-likeness (QED) is 0.191. The average Bonchev–Trinajstić information content (AvgIpc) is 3.39. The van der Waals surface area contributed by atoms with Crippen molar-refractivity contribution in [3.8, 4) is 67.5 Å². The summed E-state index contributed by atoms with van der Waals surface area (Å²) in [5.41, 5.74) is 12.5. The topological polar surface area (TPSA) is 38.7 Å². The second-order valence-corrected chi connectivity index (χ2v) is 13.3. The highest BCUT2D eigenvalue weighted by atomic mass is 15.0. The van der Waals surface area contributed by atoms with Crippen LogP contribution in [-0.4, -0.2) is 15.0 Å². The zero-order valence-electron chi connectivity index (χ0n) is 27.4. The summed E-state index contributed by atoms with van der Waals surface area (Å²) in [6, 6.07) is 57.8. The van der Waals surface area contributed by atoms with Gasteiger partial charge in [0.1, 0.15) is 0 Å². The van der Waals surface area contributed by atoms with E-state index in [-0.39, 0.29) is 5.41 Å². The van der Waals surface area contributed by atoms with Crippen molar-refractivity contribution in [3.05, 3.63) is 175 Å². The molecule has 0 N–H and O–H groups in total. The van der Waals surface area contributed by atoms with E-state index in [9.17, 15) is 0 Å². The van der Waals surface area contributed by atoms with Crippen LogP contribution in [0.1, 0.15) is 25.0 Å². The molecule has 0 amide bonds. The van der Waals surface area contributed by atoms with Crippen LogP contribution in [0.2, 0.25) is 0 Å². The molecule has 49 heavy (non-hydrogen) atoms. The minimum atomic E-state index is -0.223. The molecular formula is C46H33N3. The summed E-state index contributed by atoms with van der Waals surface area (Å²) in [5, 5.41) is 2.31. The van der Waals surface area contributed by atoms with Gasteiger partial charge < -0.3 is 0 Å². The highest BCUT2D eigenvalue weighted by Crippen LogP contribution is 2.54. The zero-order valence-corrected chi connectivity index (χ0v) is 27.4.